The van der Waals surface area contributed by atoms with Gasteiger partial charge in [0, 0.05) is 0 Å². The van der Waals surface area contributed by atoms with E-state index < -0.39 is 0 Å². The predicted molar refractivity (Wildman–Crippen MR) is 49.6 cm³/mol. The Morgan fingerprint density at radius 2 is 0.933 bits per heavy atom. The number of nitrogens with zero attached hydrogens (tertiary/aromatic N) is 3. The van der Waals surface area contributed by atoms with Crippen LogP contribution in [0.2, 0.25) is 0 Å². The summed E-state index contributed by atoms with van der Waals surface area (Å²) in [6.45, 7) is 0. The summed E-state index contributed by atoms with van der Waals surface area (Å²) in [4.78, 5) is 41.0. The van der Waals surface area contributed by atoms with Crippen LogP contribution in [-0.2, 0) is 14.4 Å². The highest BCUT2D eigenvalue weighted by Gasteiger charge is 2.28. The molecule has 0 atom stereocenters. The highest BCUT2D eigenvalue weighted by molar-refractivity contribution is 5.36. The van der Waals surface area contributed by atoms with E-state index in [1.165, 1.54) is 18.2 Å². The van der Waals surface area contributed by atoms with Crippen molar-refractivity contribution in [1.29, 1.82) is 0 Å². The van der Waals surface area contributed by atoms with E-state index in [-0.39, 0.29) is 18.1 Å². The molecule has 1 saturated carbocycles. The molecule has 0 spiro atoms. The highest BCUT2D eigenvalue weighted by atomic mass is 16.1. The summed E-state index contributed by atoms with van der Waals surface area (Å²) in [5.74, 6) is 0. The van der Waals surface area contributed by atoms with Gasteiger partial charge < -0.3 is 0 Å². The Morgan fingerprint density at radius 1 is 0.667 bits per heavy atom. The molecule has 1 fully saturated rings. The van der Waals surface area contributed by atoms with Crippen LogP contribution < -0.4 is 0 Å². The maximum Gasteiger partial charge on any atom is 0.235 e. The van der Waals surface area contributed by atoms with Crippen molar-refractivity contribution in [3.63, 3.8) is 0 Å². The van der Waals surface area contributed by atoms with Crippen LogP contribution >= 0.6 is 0 Å². The Kier molecular flexibility index (Phi) is 4.32. The third-order valence-electron chi connectivity index (χ3n) is 2.34. The summed E-state index contributed by atoms with van der Waals surface area (Å²) in [5, 5.41) is 0. The van der Waals surface area contributed by atoms with Gasteiger partial charge in [-0.3, -0.25) is 0 Å². The topological polar surface area (TPSA) is 88.3 Å². The number of hydrogen-bond donors (Lipinski definition) is 0. The third-order valence-corrected chi connectivity index (χ3v) is 2.34. The summed E-state index contributed by atoms with van der Waals surface area (Å²) in [6.07, 6.45) is 5.86. The molecule has 6 nitrogen and oxygen atoms in total. The van der Waals surface area contributed by atoms with Gasteiger partial charge in [0.1, 0.15) is 0 Å². The van der Waals surface area contributed by atoms with Gasteiger partial charge in [-0.25, -0.2) is 29.4 Å². The normalized spacial score (nSPS) is 29.2. The number of carbonyl (C=O) groups excluding carboxylic acids is 3. The van der Waals surface area contributed by atoms with Gasteiger partial charge in [-0.2, -0.15) is 0 Å². The third kappa shape index (κ3) is 3.41. The molecule has 0 radical (unpaired) electrons. The molecule has 15 heavy (non-hydrogen) atoms. The lowest BCUT2D eigenvalue weighted by Gasteiger charge is -2.26. The summed E-state index contributed by atoms with van der Waals surface area (Å²) in [5.41, 5.74) is 0. The van der Waals surface area contributed by atoms with E-state index >= 15 is 0 Å². The Morgan fingerprint density at radius 3 is 1.13 bits per heavy atom. The fraction of sp³-hybridized carbons (Fsp3) is 0.667. The standard InChI is InChI=1S/C9H9N3O3/c13-4-10-7-1-8(11-5-14)3-9(2-7)12-6-15/h7-9H,1-3H2. The van der Waals surface area contributed by atoms with E-state index in [2.05, 4.69) is 15.0 Å². The van der Waals surface area contributed by atoms with Crippen molar-refractivity contribution < 1.29 is 14.4 Å². The van der Waals surface area contributed by atoms with Crippen molar-refractivity contribution in [3.05, 3.63) is 0 Å². The SMILES string of the molecule is O=C=NC1CC(N=C=O)CC(N=C=O)C1. The quantitative estimate of drug-likeness (QED) is 0.492. The molecule has 1 aliphatic carbocycles. The number of isocyanates is 3. The smallest absolute Gasteiger partial charge is 0.211 e. The Balaban J connectivity index is 2.75. The predicted octanol–water partition coefficient (Wildman–Crippen LogP) is 0.283. The van der Waals surface area contributed by atoms with Crippen LogP contribution in [0.5, 0.6) is 0 Å². The average molecular weight is 207 g/mol. The maximum absolute atomic E-state index is 10.1. The van der Waals surface area contributed by atoms with Crippen molar-refractivity contribution >= 4 is 18.2 Å². The molecule has 78 valence electrons. The lowest BCUT2D eigenvalue weighted by atomic mass is 9.88. The lowest BCUT2D eigenvalue weighted by molar-refractivity contribution is 0.353. The van der Waals surface area contributed by atoms with Gasteiger partial charge in [0.2, 0.25) is 18.2 Å². The molecular weight excluding hydrogens is 198 g/mol. The second-order valence-corrected chi connectivity index (χ2v) is 3.33. The zero-order valence-corrected chi connectivity index (χ0v) is 7.92. The summed E-state index contributed by atoms with van der Waals surface area (Å²) in [7, 11) is 0. The molecule has 0 aromatic rings. The zero-order chi connectivity index (χ0) is 11.1. The molecule has 0 aromatic carbocycles. The lowest BCUT2D eigenvalue weighted by Crippen LogP contribution is -2.30. The molecule has 0 unspecified atom stereocenters. The fourth-order valence-electron chi connectivity index (χ4n) is 1.77. The molecule has 0 amide bonds. The molecular formula is C9H9N3O3. The molecule has 6 heteroatoms. The zero-order valence-electron chi connectivity index (χ0n) is 7.92. The van der Waals surface area contributed by atoms with Crippen molar-refractivity contribution in [2.75, 3.05) is 0 Å². The minimum absolute atomic E-state index is 0.277. The first-order chi connectivity index (χ1) is 7.30. The van der Waals surface area contributed by atoms with Crippen molar-refractivity contribution in [2.45, 2.75) is 37.4 Å². The summed E-state index contributed by atoms with van der Waals surface area (Å²) >= 11 is 0. The molecule has 1 aliphatic rings. The number of aliphatic imine (C=N–C) groups is 3. The van der Waals surface area contributed by atoms with Gasteiger partial charge in [-0.05, 0) is 19.3 Å². The van der Waals surface area contributed by atoms with Gasteiger partial charge in [-0.1, -0.05) is 0 Å². The van der Waals surface area contributed by atoms with Crippen molar-refractivity contribution in [2.24, 2.45) is 15.0 Å². The second-order valence-electron chi connectivity index (χ2n) is 3.33. The number of hydrogen-bond acceptors (Lipinski definition) is 6. The molecule has 0 heterocycles. The molecule has 0 N–H and O–H groups in total. The van der Waals surface area contributed by atoms with Crippen LogP contribution in [0.25, 0.3) is 0 Å². The Hall–Kier alpha value is -1.86. The summed E-state index contributed by atoms with van der Waals surface area (Å²) in [6, 6.07) is -0.832. The Labute approximate surface area is 85.8 Å². The van der Waals surface area contributed by atoms with Gasteiger partial charge in [0.05, 0.1) is 18.1 Å². The largest absolute Gasteiger partial charge is 0.235 e. The molecule has 0 saturated heterocycles. The first-order valence-corrected chi connectivity index (χ1v) is 4.51. The van der Waals surface area contributed by atoms with Gasteiger partial charge in [-0.15, -0.1) is 0 Å². The van der Waals surface area contributed by atoms with Crippen LogP contribution in [-0.4, -0.2) is 36.4 Å². The van der Waals surface area contributed by atoms with Crippen molar-refractivity contribution in [1.82, 2.24) is 0 Å². The van der Waals surface area contributed by atoms with E-state index in [0.29, 0.717) is 19.3 Å². The number of rotatable bonds is 3. The van der Waals surface area contributed by atoms with Gasteiger partial charge in [0.25, 0.3) is 0 Å². The average Bonchev–Trinajstić information content (AvgIpc) is 2.19. The molecule has 0 aliphatic heterocycles. The molecule has 0 aromatic heterocycles. The van der Waals surface area contributed by atoms with E-state index in [9.17, 15) is 14.4 Å². The van der Waals surface area contributed by atoms with Crippen LogP contribution in [0.3, 0.4) is 0 Å². The van der Waals surface area contributed by atoms with Crippen molar-refractivity contribution in [3.8, 4) is 0 Å². The highest BCUT2D eigenvalue weighted by Crippen LogP contribution is 2.25. The molecule has 0 bridgehead atoms. The fourth-order valence-corrected chi connectivity index (χ4v) is 1.77. The first kappa shape index (κ1) is 11.2. The van der Waals surface area contributed by atoms with E-state index in [0.717, 1.165) is 0 Å². The van der Waals surface area contributed by atoms with Gasteiger partial charge >= 0.3 is 0 Å². The first-order valence-electron chi connectivity index (χ1n) is 4.51. The van der Waals surface area contributed by atoms with E-state index in [1.54, 1.807) is 0 Å². The summed E-state index contributed by atoms with van der Waals surface area (Å²) < 4.78 is 0. The van der Waals surface area contributed by atoms with Gasteiger partial charge in [0.15, 0.2) is 0 Å². The van der Waals surface area contributed by atoms with Crippen LogP contribution in [0.4, 0.5) is 0 Å². The monoisotopic (exact) mass is 207 g/mol. The van der Waals surface area contributed by atoms with E-state index in [1.807, 2.05) is 0 Å². The minimum Gasteiger partial charge on any atom is -0.211 e. The van der Waals surface area contributed by atoms with Crippen LogP contribution in [0.15, 0.2) is 15.0 Å². The maximum atomic E-state index is 10.1. The minimum atomic E-state index is -0.277. The molecule has 1 rings (SSSR count). The van der Waals surface area contributed by atoms with E-state index in [4.69, 9.17) is 0 Å². The van der Waals surface area contributed by atoms with Crippen LogP contribution in [0, 0.1) is 0 Å². The Bertz CT molecular complexity index is 300. The second kappa shape index (κ2) is 5.78. The van der Waals surface area contributed by atoms with Crippen LogP contribution in [0.1, 0.15) is 19.3 Å².